The molecule has 12 heteroatoms. The summed E-state index contributed by atoms with van der Waals surface area (Å²) in [7, 11) is 0. The molecule has 0 unspecified atom stereocenters. The monoisotopic (exact) mass is 436 g/mol. The lowest BCUT2D eigenvalue weighted by molar-refractivity contribution is -0.121. The van der Waals surface area contributed by atoms with Crippen LogP contribution in [-0.2, 0) is 4.79 Å². The SMILES string of the molecule is O=C(CCCC[C@@H]1SC[C@H]2NC(=O)N[C@@H]12)N/N=C/c1c(F)c(F)c(F)c(F)c1F. The van der Waals surface area contributed by atoms with Crippen molar-refractivity contribution in [3.63, 3.8) is 0 Å². The van der Waals surface area contributed by atoms with Gasteiger partial charge < -0.3 is 10.6 Å². The number of fused-ring (bicyclic) bond motifs is 1. The Morgan fingerprint density at radius 2 is 1.72 bits per heavy atom. The molecule has 0 aliphatic carbocycles. The van der Waals surface area contributed by atoms with Crippen LogP contribution >= 0.6 is 11.8 Å². The van der Waals surface area contributed by atoms with Crippen molar-refractivity contribution in [2.45, 2.75) is 43.0 Å². The number of nitrogens with zero attached hydrogens (tertiary/aromatic N) is 1. The smallest absolute Gasteiger partial charge is 0.315 e. The van der Waals surface area contributed by atoms with Gasteiger partial charge in [-0.25, -0.2) is 32.2 Å². The molecule has 0 aromatic heterocycles. The Balaban J connectivity index is 1.42. The Morgan fingerprint density at radius 1 is 1.07 bits per heavy atom. The van der Waals surface area contributed by atoms with Gasteiger partial charge in [0, 0.05) is 17.4 Å². The highest BCUT2D eigenvalue weighted by Gasteiger charge is 2.42. The first kappa shape index (κ1) is 21.3. The van der Waals surface area contributed by atoms with E-state index in [1.807, 2.05) is 5.43 Å². The van der Waals surface area contributed by atoms with Crippen LogP contribution in [0, 0.1) is 29.1 Å². The molecule has 1 aromatic carbocycles. The lowest BCUT2D eigenvalue weighted by Gasteiger charge is -2.16. The summed E-state index contributed by atoms with van der Waals surface area (Å²) in [5.74, 6) is -10.2. The summed E-state index contributed by atoms with van der Waals surface area (Å²) in [4.78, 5) is 23.0. The summed E-state index contributed by atoms with van der Waals surface area (Å²) in [5, 5.41) is 9.23. The average molecular weight is 436 g/mol. The Hall–Kier alpha value is -2.37. The fourth-order valence-corrected chi connectivity index (χ4v) is 4.78. The number of urea groups is 1. The number of halogens is 5. The number of carbonyl (C=O) groups excluding carboxylic acids is 2. The van der Waals surface area contributed by atoms with E-state index in [4.69, 9.17) is 0 Å². The van der Waals surface area contributed by atoms with Gasteiger partial charge >= 0.3 is 6.03 Å². The number of unbranched alkanes of at least 4 members (excludes halogenated alkanes) is 1. The Bertz CT molecular complexity index is 825. The number of thioether (sulfide) groups is 1. The van der Waals surface area contributed by atoms with Crippen molar-refractivity contribution < 1.29 is 31.5 Å². The van der Waals surface area contributed by atoms with E-state index in [9.17, 15) is 31.5 Å². The van der Waals surface area contributed by atoms with Crippen molar-refractivity contribution in [3.05, 3.63) is 34.6 Å². The van der Waals surface area contributed by atoms with Crippen LogP contribution in [0.3, 0.4) is 0 Å². The first-order valence-electron chi connectivity index (χ1n) is 8.81. The predicted octanol–water partition coefficient (Wildman–Crippen LogP) is 2.56. The minimum Gasteiger partial charge on any atom is -0.332 e. The molecule has 3 atom stereocenters. The van der Waals surface area contributed by atoms with Crippen molar-refractivity contribution in [1.29, 1.82) is 0 Å². The van der Waals surface area contributed by atoms with Crippen molar-refractivity contribution in [2.24, 2.45) is 5.10 Å². The average Bonchev–Trinajstić information content (AvgIpc) is 3.24. The molecule has 29 heavy (non-hydrogen) atoms. The van der Waals surface area contributed by atoms with Crippen molar-refractivity contribution in [2.75, 3.05) is 5.75 Å². The van der Waals surface area contributed by atoms with E-state index in [0.717, 1.165) is 12.2 Å². The van der Waals surface area contributed by atoms with Gasteiger partial charge in [0.2, 0.25) is 11.7 Å². The highest BCUT2D eigenvalue weighted by molar-refractivity contribution is 8.00. The molecule has 3 rings (SSSR count). The molecule has 158 valence electrons. The van der Waals surface area contributed by atoms with Gasteiger partial charge in [0.15, 0.2) is 23.3 Å². The fourth-order valence-electron chi connectivity index (χ4n) is 3.23. The zero-order valence-corrected chi connectivity index (χ0v) is 15.7. The van der Waals surface area contributed by atoms with Crippen molar-refractivity contribution in [1.82, 2.24) is 16.1 Å². The Labute approximate surface area is 166 Å². The van der Waals surface area contributed by atoms with E-state index < -0.39 is 40.6 Å². The molecule has 0 saturated carbocycles. The Kier molecular flexibility index (Phi) is 6.60. The molecule has 2 aliphatic heterocycles. The Morgan fingerprint density at radius 3 is 2.41 bits per heavy atom. The fraction of sp³-hybridized carbons (Fsp3) is 0.471. The largest absolute Gasteiger partial charge is 0.332 e. The number of carbonyl (C=O) groups is 2. The lowest BCUT2D eigenvalue weighted by atomic mass is 10.0. The van der Waals surface area contributed by atoms with Crippen molar-refractivity contribution in [3.8, 4) is 0 Å². The van der Waals surface area contributed by atoms with E-state index in [2.05, 4.69) is 15.7 Å². The molecule has 6 nitrogen and oxygen atoms in total. The lowest BCUT2D eigenvalue weighted by Crippen LogP contribution is -2.36. The van der Waals surface area contributed by atoms with Crippen LogP contribution < -0.4 is 16.1 Å². The highest BCUT2D eigenvalue weighted by Crippen LogP contribution is 2.33. The maximum atomic E-state index is 13.5. The van der Waals surface area contributed by atoms with Crippen LogP contribution in [0.4, 0.5) is 26.7 Å². The van der Waals surface area contributed by atoms with Crippen LogP contribution in [0.1, 0.15) is 31.2 Å². The third kappa shape index (κ3) is 4.62. The standard InChI is InChI=1S/C17H17F5N4O2S/c18-11-7(12(19)14(21)15(22)13(11)20)5-23-26-10(27)4-2-1-3-9-16-8(6-29-9)24-17(28)25-16/h5,8-9,16H,1-4,6H2,(H,26,27)(H2,24,25,28)/b23-5+/t8-,9+,16-/m1/s1. The van der Waals surface area contributed by atoms with Gasteiger partial charge in [-0.05, 0) is 12.8 Å². The normalized spacial score (nSPS) is 23.2. The van der Waals surface area contributed by atoms with Gasteiger partial charge in [0.1, 0.15) is 0 Å². The van der Waals surface area contributed by atoms with Crippen LogP contribution in [0.15, 0.2) is 5.10 Å². The van der Waals surface area contributed by atoms with E-state index in [1.54, 1.807) is 11.8 Å². The molecule has 0 radical (unpaired) electrons. The highest BCUT2D eigenvalue weighted by atomic mass is 32.2. The molecule has 2 fully saturated rings. The van der Waals surface area contributed by atoms with Crippen molar-refractivity contribution >= 4 is 29.9 Å². The molecule has 0 bridgehead atoms. The molecule has 3 N–H and O–H groups in total. The van der Waals surface area contributed by atoms with Gasteiger partial charge in [0.25, 0.3) is 0 Å². The summed E-state index contributed by atoms with van der Waals surface area (Å²) in [6.07, 6.45) is 2.48. The number of hydrazone groups is 1. The summed E-state index contributed by atoms with van der Waals surface area (Å²) >= 11 is 1.75. The zero-order chi connectivity index (χ0) is 21.1. The third-order valence-electron chi connectivity index (χ3n) is 4.71. The predicted molar refractivity (Wildman–Crippen MR) is 95.9 cm³/mol. The van der Waals surface area contributed by atoms with Crippen LogP contribution in [0.5, 0.6) is 0 Å². The van der Waals surface area contributed by atoms with E-state index >= 15 is 0 Å². The summed E-state index contributed by atoms with van der Waals surface area (Å²) < 4.78 is 66.1. The summed E-state index contributed by atoms with van der Waals surface area (Å²) in [6.45, 7) is 0. The summed E-state index contributed by atoms with van der Waals surface area (Å²) in [6, 6.07) is 0.0283. The van der Waals surface area contributed by atoms with Crippen LogP contribution in [0.2, 0.25) is 0 Å². The molecule has 2 heterocycles. The quantitative estimate of drug-likeness (QED) is 0.117. The zero-order valence-electron chi connectivity index (χ0n) is 14.9. The van der Waals surface area contributed by atoms with E-state index in [0.29, 0.717) is 19.1 Å². The number of benzene rings is 1. The van der Waals surface area contributed by atoms with Gasteiger partial charge in [0.05, 0.1) is 23.9 Å². The van der Waals surface area contributed by atoms with Crippen LogP contribution in [0.25, 0.3) is 0 Å². The second kappa shape index (κ2) is 8.97. The van der Waals surface area contributed by atoms with Crippen LogP contribution in [-0.4, -0.2) is 41.2 Å². The number of hydrogen-bond donors (Lipinski definition) is 3. The molecule has 3 amide bonds. The minimum absolute atomic E-state index is 0.0739. The second-order valence-electron chi connectivity index (χ2n) is 6.64. The first-order valence-corrected chi connectivity index (χ1v) is 9.86. The molecular weight excluding hydrogens is 419 g/mol. The third-order valence-corrected chi connectivity index (χ3v) is 6.22. The molecule has 2 saturated heterocycles. The first-order chi connectivity index (χ1) is 13.8. The van der Waals surface area contributed by atoms with Gasteiger partial charge in [-0.3, -0.25) is 4.79 Å². The maximum Gasteiger partial charge on any atom is 0.315 e. The number of amides is 3. The molecule has 0 spiro atoms. The second-order valence-corrected chi connectivity index (χ2v) is 7.92. The maximum absolute atomic E-state index is 13.5. The molecule has 1 aromatic rings. The van der Waals surface area contributed by atoms with Gasteiger partial charge in [-0.1, -0.05) is 6.42 Å². The number of rotatable bonds is 7. The summed E-state index contributed by atoms with van der Waals surface area (Å²) in [5.41, 5.74) is 0.762. The minimum atomic E-state index is -2.26. The molecule has 2 aliphatic rings. The van der Waals surface area contributed by atoms with E-state index in [-0.39, 0.29) is 29.8 Å². The number of hydrogen-bond acceptors (Lipinski definition) is 4. The number of nitrogens with one attached hydrogen (secondary N) is 3. The van der Waals surface area contributed by atoms with Gasteiger partial charge in [-0.15, -0.1) is 0 Å². The van der Waals surface area contributed by atoms with Gasteiger partial charge in [-0.2, -0.15) is 16.9 Å². The topological polar surface area (TPSA) is 82.6 Å². The molecular formula is C17H17F5N4O2S. The van der Waals surface area contributed by atoms with E-state index in [1.165, 1.54) is 0 Å².